The van der Waals surface area contributed by atoms with Crippen LogP contribution in [0.2, 0.25) is 10.0 Å². The molecule has 0 aliphatic heterocycles. The number of hydrogen-bond donors (Lipinski definition) is 0. The molecule has 230 valence electrons. The highest BCUT2D eigenvalue weighted by atomic mass is 35.5. The Morgan fingerprint density at radius 2 is 1.38 bits per heavy atom. The largest absolute Gasteiger partial charge is 0.458 e. The quantitative estimate of drug-likeness (QED) is 0.137. The summed E-state index contributed by atoms with van der Waals surface area (Å²) in [7, 11) is 0. The second-order valence-electron chi connectivity index (χ2n) is 12.6. The molecule has 0 atom stereocenters. The fraction of sp³-hybridized carbons (Fsp3) is 0.100. The fourth-order valence-electron chi connectivity index (χ4n) is 6.21. The normalized spacial score (nSPS) is 11.9. The van der Waals surface area contributed by atoms with Gasteiger partial charge >= 0.3 is 0 Å². The molecule has 0 saturated heterocycles. The summed E-state index contributed by atoms with van der Waals surface area (Å²) in [4.78, 5) is 4.81. The summed E-state index contributed by atoms with van der Waals surface area (Å²) in [6.45, 7) is 6.66. The van der Waals surface area contributed by atoms with E-state index in [1.807, 2.05) is 82.1 Å². The zero-order valence-corrected chi connectivity index (χ0v) is 27.6. The average molecular weight is 654 g/mol. The van der Waals surface area contributed by atoms with E-state index in [4.69, 9.17) is 32.9 Å². The van der Waals surface area contributed by atoms with Gasteiger partial charge in [-0.3, -0.25) is 13.7 Å². The topological polar surface area (TPSA) is 35.9 Å². The molecule has 3 heterocycles. The number of aromatic nitrogens is 4. The Labute approximate surface area is 282 Å². The van der Waals surface area contributed by atoms with Crippen LogP contribution in [0, 0.1) is 6.33 Å². The van der Waals surface area contributed by atoms with Gasteiger partial charge in [-0.2, -0.15) is 0 Å². The molecule has 8 rings (SSSR count). The lowest BCUT2D eigenvalue weighted by atomic mass is 9.88. The molecule has 0 saturated carbocycles. The second kappa shape index (κ2) is 11.3. The number of halogens is 2. The van der Waals surface area contributed by atoms with Gasteiger partial charge in [-0.05, 0) is 71.6 Å². The van der Waals surface area contributed by atoms with Gasteiger partial charge in [0, 0.05) is 23.0 Å². The lowest BCUT2D eigenvalue weighted by Crippen LogP contribution is -2.29. The molecule has 0 radical (unpaired) electrons. The number of hydrogen-bond acceptors (Lipinski definition) is 2. The highest BCUT2D eigenvalue weighted by Crippen LogP contribution is 2.36. The fourth-order valence-corrected chi connectivity index (χ4v) is 6.78. The van der Waals surface area contributed by atoms with Crippen LogP contribution in [-0.4, -0.2) is 14.1 Å². The Morgan fingerprint density at radius 3 is 2.19 bits per heavy atom. The first kappa shape index (κ1) is 29.3. The number of ether oxygens (including phenoxy) is 1. The standard InChI is InChI=1S/C40H30Cl2N4O/c1-40(2,3)26-20-21-43-38(22-26)46-34-15-5-4-12-30(34)31-19-18-29(24-37(31)46)47-28-11-8-10-27(23-28)44-25-45(36-17-7-6-16-35(36)44)39-32(41)13-9-14-33(39)42/h4-24H,1-3H3. The van der Waals surface area contributed by atoms with Gasteiger partial charge in [-0.15, -0.1) is 0 Å². The van der Waals surface area contributed by atoms with E-state index < -0.39 is 0 Å². The molecule has 5 aromatic carbocycles. The molecule has 0 spiro atoms. The number of nitrogens with zero attached hydrogens (tertiary/aromatic N) is 4. The Balaban J connectivity index is 1.22. The van der Waals surface area contributed by atoms with Crippen LogP contribution in [0.5, 0.6) is 11.5 Å². The zero-order chi connectivity index (χ0) is 32.3. The van der Waals surface area contributed by atoms with Crippen molar-refractivity contribution in [3.63, 3.8) is 0 Å². The molecule has 0 fully saturated rings. The van der Waals surface area contributed by atoms with E-state index >= 15 is 0 Å². The van der Waals surface area contributed by atoms with Crippen molar-refractivity contribution >= 4 is 56.0 Å². The van der Waals surface area contributed by atoms with E-state index in [9.17, 15) is 0 Å². The smallest absolute Gasteiger partial charge is 0.269 e. The first-order valence-corrected chi connectivity index (χ1v) is 16.2. The molecule has 0 aliphatic rings. The third kappa shape index (κ3) is 5.12. The molecule has 0 amide bonds. The van der Waals surface area contributed by atoms with Crippen LogP contribution in [0.25, 0.3) is 50.0 Å². The number of rotatable bonds is 5. The maximum atomic E-state index is 6.62. The average Bonchev–Trinajstić information content (AvgIpc) is 3.61. The van der Waals surface area contributed by atoms with Gasteiger partial charge in [-0.1, -0.05) is 98.6 Å². The highest BCUT2D eigenvalue weighted by molar-refractivity contribution is 6.37. The minimum atomic E-state index is -0.00288. The van der Waals surface area contributed by atoms with E-state index in [0.29, 0.717) is 21.5 Å². The summed E-state index contributed by atoms with van der Waals surface area (Å²) in [6.07, 6.45) is 5.37. The minimum absolute atomic E-state index is 0.00288. The molecule has 3 aromatic heterocycles. The van der Waals surface area contributed by atoms with Gasteiger partial charge in [0.05, 0.1) is 37.8 Å². The summed E-state index contributed by atoms with van der Waals surface area (Å²) in [6, 6.07) is 40.5. The number of imidazole rings is 1. The molecule has 8 aromatic rings. The van der Waals surface area contributed by atoms with E-state index in [1.54, 1.807) is 0 Å². The third-order valence-corrected chi connectivity index (χ3v) is 9.13. The van der Waals surface area contributed by atoms with Crippen molar-refractivity contribution < 1.29 is 9.30 Å². The Hall–Kier alpha value is -5.10. The van der Waals surface area contributed by atoms with E-state index in [0.717, 1.165) is 44.7 Å². The van der Waals surface area contributed by atoms with E-state index in [2.05, 4.69) is 86.3 Å². The Bertz CT molecular complexity index is 2450. The van der Waals surface area contributed by atoms with Gasteiger partial charge in [-0.25, -0.2) is 4.98 Å². The predicted octanol–water partition coefficient (Wildman–Crippen LogP) is 10.6. The van der Waals surface area contributed by atoms with Crippen LogP contribution < -0.4 is 9.30 Å². The first-order chi connectivity index (χ1) is 22.8. The summed E-state index contributed by atoms with van der Waals surface area (Å²) in [5.41, 5.74) is 6.81. The molecular formula is C40H30Cl2N4O. The number of benzene rings is 5. The zero-order valence-electron chi connectivity index (χ0n) is 26.1. The maximum Gasteiger partial charge on any atom is 0.269 e. The Kier molecular flexibility index (Phi) is 7.05. The van der Waals surface area contributed by atoms with E-state index in [1.165, 1.54) is 10.9 Å². The number of pyridine rings is 1. The van der Waals surface area contributed by atoms with Crippen LogP contribution in [0.15, 0.2) is 128 Å². The van der Waals surface area contributed by atoms with Gasteiger partial charge in [0.1, 0.15) is 23.0 Å². The van der Waals surface area contributed by atoms with Crippen LogP contribution in [0.3, 0.4) is 0 Å². The lowest BCUT2D eigenvalue weighted by Gasteiger charge is -2.20. The maximum absolute atomic E-state index is 6.62. The molecule has 0 bridgehead atoms. The number of fused-ring (bicyclic) bond motifs is 4. The second-order valence-corrected chi connectivity index (χ2v) is 13.4. The molecule has 0 N–H and O–H groups in total. The molecule has 0 aliphatic carbocycles. The van der Waals surface area contributed by atoms with Crippen molar-refractivity contribution in [2.75, 3.05) is 0 Å². The van der Waals surface area contributed by atoms with Crippen molar-refractivity contribution in [3.8, 4) is 28.7 Å². The molecule has 5 nitrogen and oxygen atoms in total. The molecular weight excluding hydrogens is 623 g/mol. The van der Waals surface area contributed by atoms with Crippen LogP contribution >= 0.6 is 23.2 Å². The summed E-state index contributed by atoms with van der Waals surface area (Å²) in [5.74, 6) is 2.31. The van der Waals surface area contributed by atoms with Crippen molar-refractivity contribution in [1.29, 1.82) is 0 Å². The molecule has 47 heavy (non-hydrogen) atoms. The number of para-hydroxylation sites is 4. The predicted molar refractivity (Wildman–Crippen MR) is 191 cm³/mol. The van der Waals surface area contributed by atoms with Crippen LogP contribution in [-0.2, 0) is 5.41 Å². The van der Waals surface area contributed by atoms with Gasteiger partial charge in [0.15, 0.2) is 0 Å². The molecule has 7 heteroatoms. The third-order valence-electron chi connectivity index (χ3n) is 8.52. The highest BCUT2D eigenvalue weighted by Gasteiger charge is 2.19. The lowest BCUT2D eigenvalue weighted by molar-refractivity contribution is -0.572. The van der Waals surface area contributed by atoms with E-state index in [-0.39, 0.29) is 5.41 Å². The summed E-state index contributed by atoms with van der Waals surface area (Å²) < 4.78 is 12.7. The van der Waals surface area contributed by atoms with Crippen molar-refractivity contribution in [1.82, 2.24) is 14.1 Å². The Morgan fingerprint density at radius 1 is 0.681 bits per heavy atom. The summed E-state index contributed by atoms with van der Waals surface area (Å²) >= 11 is 13.2. The SMILES string of the molecule is CC(C)(C)c1ccnc(-n2c3ccccc3c3ccc(Oc4cccc(-[n+]5[c-]n(-c6c(Cl)cccc6Cl)c6ccccc65)c4)cc32)c1. The van der Waals surface area contributed by atoms with Crippen LogP contribution in [0.1, 0.15) is 26.3 Å². The minimum Gasteiger partial charge on any atom is -0.458 e. The van der Waals surface area contributed by atoms with Gasteiger partial charge in [0.2, 0.25) is 0 Å². The van der Waals surface area contributed by atoms with Gasteiger partial charge in [0.25, 0.3) is 6.33 Å². The van der Waals surface area contributed by atoms with Crippen LogP contribution in [0.4, 0.5) is 0 Å². The monoisotopic (exact) mass is 652 g/mol. The molecule has 0 unspecified atom stereocenters. The van der Waals surface area contributed by atoms with Crippen molar-refractivity contribution in [3.05, 3.63) is 149 Å². The first-order valence-electron chi connectivity index (χ1n) is 15.4. The van der Waals surface area contributed by atoms with Crippen molar-refractivity contribution in [2.45, 2.75) is 26.2 Å². The van der Waals surface area contributed by atoms with Gasteiger partial charge < -0.3 is 4.74 Å². The summed E-state index contributed by atoms with van der Waals surface area (Å²) in [5, 5.41) is 3.40. The van der Waals surface area contributed by atoms with Crippen molar-refractivity contribution in [2.24, 2.45) is 0 Å².